The van der Waals surface area contributed by atoms with Crippen molar-refractivity contribution in [2.24, 2.45) is 5.92 Å². The monoisotopic (exact) mass is 249 g/mol. The second-order valence-electron chi connectivity index (χ2n) is 4.63. The van der Waals surface area contributed by atoms with Gasteiger partial charge in [-0.2, -0.15) is 11.8 Å². The molecule has 0 saturated carbocycles. The number of aromatic nitrogens is 2. The SMILES string of the molecule is CSCC(C)Cn1c(N)nc2ccc(C)cc21. The van der Waals surface area contributed by atoms with Crippen molar-refractivity contribution in [3.8, 4) is 0 Å². The number of hydrogen-bond acceptors (Lipinski definition) is 3. The van der Waals surface area contributed by atoms with Crippen LogP contribution in [0.4, 0.5) is 5.95 Å². The van der Waals surface area contributed by atoms with Crippen molar-refractivity contribution < 1.29 is 0 Å². The molecule has 0 amide bonds. The van der Waals surface area contributed by atoms with E-state index in [1.807, 2.05) is 17.8 Å². The minimum Gasteiger partial charge on any atom is -0.369 e. The van der Waals surface area contributed by atoms with Crippen LogP contribution in [0.1, 0.15) is 12.5 Å². The smallest absolute Gasteiger partial charge is 0.201 e. The number of nitrogen functional groups attached to an aromatic ring is 1. The second kappa shape index (κ2) is 5.00. The summed E-state index contributed by atoms with van der Waals surface area (Å²) >= 11 is 1.87. The molecule has 92 valence electrons. The van der Waals surface area contributed by atoms with Crippen molar-refractivity contribution in [1.82, 2.24) is 9.55 Å². The van der Waals surface area contributed by atoms with Gasteiger partial charge in [0.1, 0.15) is 0 Å². The maximum Gasteiger partial charge on any atom is 0.201 e. The van der Waals surface area contributed by atoms with E-state index in [2.05, 4.69) is 41.8 Å². The summed E-state index contributed by atoms with van der Waals surface area (Å²) in [5.74, 6) is 2.37. The first kappa shape index (κ1) is 12.3. The van der Waals surface area contributed by atoms with E-state index >= 15 is 0 Å². The number of benzene rings is 1. The highest BCUT2D eigenvalue weighted by molar-refractivity contribution is 7.98. The highest BCUT2D eigenvalue weighted by Crippen LogP contribution is 2.21. The predicted molar refractivity (Wildman–Crippen MR) is 76.4 cm³/mol. The van der Waals surface area contributed by atoms with Crippen LogP contribution in [0.2, 0.25) is 0 Å². The fourth-order valence-electron chi connectivity index (χ4n) is 2.09. The van der Waals surface area contributed by atoms with E-state index in [1.165, 1.54) is 5.56 Å². The lowest BCUT2D eigenvalue weighted by molar-refractivity contribution is 0.546. The molecule has 0 aliphatic heterocycles. The molecule has 0 aliphatic rings. The summed E-state index contributed by atoms with van der Waals surface area (Å²) in [6.45, 7) is 5.28. The Morgan fingerprint density at radius 2 is 2.24 bits per heavy atom. The van der Waals surface area contributed by atoms with Crippen LogP contribution >= 0.6 is 11.8 Å². The van der Waals surface area contributed by atoms with Gasteiger partial charge in [0.25, 0.3) is 0 Å². The largest absolute Gasteiger partial charge is 0.369 e. The van der Waals surface area contributed by atoms with Gasteiger partial charge in [-0.15, -0.1) is 0 Å². The molecular formula is C13H19N3S. The zero-order valence-electron chi connectivity index (χ0n) is 10.6. The van der Waals surface area contributed by atoms with E-state index in [-0.39, 0.29) is 0 Å². The van der Waals surface area contributed by atoms with E-state index in [9.17, 15) is 0 Å². The lowest BCUT2D eigenvalue weighted by atomic mass is 10.2. The standard InChI is InChI=1S/C13H19N3S/c1-9-4-5-11-12(6-9)16(13(14)15-11)7-10(2)8-17-3/h4-6,10H,7-8H2,1-3H3,(H2,14,15). The molecule has 2 N–H and O–H groups in total. The Labute approximate surface area is 106 Å². The van der Waals surface area contributed by atoms with Gasteiger partial charge in [0.15, 0.2) is 0 Å². The van der Waals surface area contributed by atoms with E-state index < -0.39 is 0 Å². The van der Waals surface area contributed by atoms with Crippen LogP contribution in [0.25, 0.3) is 11.0 Å². The molecule has 1 aromatic carbocycles. The Kier molecular flexibility index (Phi) is 3.62. The molecule has 0 radical (unpaired) electrons. The summed E-state index contributed by atoms with van der Waals surface area (Å²) in [6, 6.07) is 6.27. The first-order valence-electron chi connectivity index (χ1n) is 5.83. The lowest BCUT2D eigenvalue weighted by Gasteiger charge is -2.12. The molecular weight excluding hydrogens is 230 g/mol. The van der Waals surface area contributed by atoms with Gasteiger partial charge in [0.2, 0.25) is 5.95 Å². The number of hydrogen-bond donors (Lipinski definition) is 1. The van der Waals surface area contributed by atoms with E-state index in [1.54, 1.807) is 0 Å². The van der Waals surface area contributed by atoms with Gasteiger partial charge in [-0.3, -0.25) is 0 Å². The minimum atomic E-state index is 0.602. The normalized spacial score (nSPS) is 13.1. The van der Waals surface area contributed by atoms with Gasteiger partial charge in [-0.1, -0.05) is 13.0 Å². The van der Waals surface area contributed by atoms with Gasteiger partial charge in [0, 0.05) is 6.54 Å². The molecule has 0 bridgehead atoms. The molecule has 1 atom stereocenters. The number of nitrogens with zero attached hydrogens (tertiary/aromatic N) is 2. The van der Waals surface area contributed by atoms with E-state index in [4.69, 9.17) is 5.73 Å². The Morgan fingerprint density at radius 1 is 1.47 bits per heavy atom. The molecule has 1 unspecified atom stereocenters. The van der Waals surface area contributed by atoms with Crippen molar-refractivity contribution in [3.05, 3.63) is 23.8 Å². The van der Waals surface area contributed by atoms with Crippen LogP contribution in [-0.2, 0) is 6.54 Å². The Hall–Kier alpha value is -1.16. The van der Waals surface area contributed by atoms with Crippen molar-refractivity contribution in [2.45, 2.75) is 20.4 Å². The number of rotatable bonds is 4. The Balaban J connectivity index is 2.38. The van der Waals surface area contributed by atoms with Crippen LogP contribution in [0, 0.1) is 12.8 Å². The molecule has 17 heavy (non-hydrogen) atoms. The number of nitrogens with two attached hydrogens (primary N) is 1. The van der Waals surface area contributed by atoms with E-state index in [0.29, 0.717) is 11.9 Å². The van der Waals surface area contributed by atoms with Gasteiger partial charge >= 0.3 is 0 Å². The summed E-state index contributed by atoms with van der Waals surface area (Å²) in [7, 11) is 0. The summed E-state index contributed by atoms with van der Waals surface area (Å²) in [5.41, 5.74) is 9.38. The third-order valence-electron chi connectivity index (χ3n) is 2.88. The number of imidazole rings is 1. The lowest BCUT2D eigenvalue weighted by Crippen LogP contribution is -2.12. The highest BCUT2D eigenvalue weighted by atomic mass is 32.2. The molecule has 0 saturated heterocycles. The van der Waals surface area contributed by atoms with Gasteiger partial charge in [-0.05, 0) is 42.5 Å². The van der Waals surface area contributed by atoms with Crippen molar-refractivity contribution >= 4 is 28.7 Å². The van der Waals surface area contributed by atoms with Crippen LogP contribution in [0.15, 0.2) is 18.2 Å². The third-order valence-corrected chi connectivity index (χ3v) is 3.78. The first-order valence-corrected chi connectivity index (χ1v) is 7.22. The number of fused-ring (bicyclic) bond motifs is 1. The Morgan fingerprint density at radius 3 is 2.94 bits per heavy atom. The molecule has 0 spiro atoms. The van der Waals surface area contributed by atoms with Gasteiger partial charge in [0.05, 0.1) is 11.0 Å². The topological polar surface area (TPSA) is 43.8 Å². The summed E-state index contributed by atoms with van der Waals surface area (Å²) < 4.78 is 2.13. The van der Waals surface area contributed by atoms with Crippen molar-refractivity contribution in [2.75, 3.05) is 17.7 Å². The van der Waals surface area contributed by atoms with Gasteiger partial charge in [-0.25, -0.2) is 4.98 Å². The molecule has 0 aliphatic carbocycles. The molecule has 0 fully saturated rings. The van der Waals surface area contributed by atoms with Crippen molar-refractivity contribution in [1.29, 1.82) is 0 Å². The zero-order valence-corrected chi connectivity index (χ0v) is 11.4. The molecule has 4 heteroatoms. The summed E-state index contributed by atoms with van der Waals surface area (Å²) in [6.07, 6.45) is 2.13. The van der Waals surface area contributed by atoms with Crippen LogP contribution in [-0.4, -0.2) is 21.6 Å². The number of thioether (sulfide) groups is 1. The molecule has 3 nitrogen and oxygen atoms in total. The molecule has 2 aromatic rings. The number of aryl methyl sites for hydroxylation is 1. The predicted octanol–water partition coefficient (Wildman–Crippen LogP) is 2.93. The Bertz CT molecular complexity index is 519. The zero-order chi connectivity index (χ0) is 12.4. The fraction of sp³-hybridized carbons (Fsp3) is 0.462. The second-order valence-corrected chi connectivity index (χ2v) is 5.54. The first-order chi connectivity index (χ1) is 8.11. The molecule has 2 rings (SSSR count). The fourth-order valence-corrected chi connectivity index (χ4v) is 2.77. The van der Waals surface area contributed by atoms with E-state index in [0.717, 1.165) is 23.3 Å². The average Bonchev–Trinajstić information content (AvgIpc) is 2.56. The average molecular weight is 249 g/mol. The van der Waals surface area contributed by atoms with Crippen LogP contribution in [0.5, 0.6) is 0 Å². The third kappa shape index (κ3) is 2.57. The molecule has 1 heterocycles. The van der Waals surface area contributed by atoms with Crippen molar-refractivity contribution in [3.63, 3.8) is 0 Å². The quantitative estimate of drug-likeness (QED) is 0.906. The minimum absolute atomic E-state index is 0.602. The summed E-state index contributed by atoms with van der Waals surface area (Å²) in [5, 5.41) is 0. The summed E-state index contributed by atoms with van der Waals surface area (Å²) in [4.78, 5) is 4.40. The highest BCUT2D eigenvalue weighted by Gasteiger charge is 2.11. The number of anilines is 1. The van der Waals surface area contributed by atoms with Crippen LogP contribution in [0.3, 0.4) is 0 Å². The van der Waals surface area contributed by atoms with Crippen LogP contribution < -0.4 is 5.73 Å². The van der Waals surface area contributed by atoms with Gasteiger partial charge < -0.3 is 10.3 Å². The maximum atomic E-state index is 5.99. The molecule has 1 aromatic heterocycles. The maximum absolute atomic E-state index is 5.99.